The van der Waals surface area contributed by atoms with Gasteiger partial charge in [-0.05, 0) is 54.3 Å². The number of aromatic nitrogens is 3. The first-order valence-corrected chi connectivity index (χ1v) is 13.6. The summed E-state index contributed by atoms with van der Waals surface area (Å²) in [7, 11) is 0. The average molecular weight is 532 g/mol. The van der Waals surface area contributed by atoms with E-state index in [1.54, 1.807) is 40.3 Å². The number of aliphatic hydroxyl groups excluding tert-OH is 1. The predicted octanol–water partition coefficient (Wildman–Crippen LogP) is 4.62. The summed E-state index contributed by atoms with van der Waals surface area (Å²) in [5.74, 6) is -0.637. The van der Waals surface area contributed by atoms with E-state index in [9.17, 15) is 14.7 Å². The average Bonchev–Trinajstić information content (AvgIpc) is 3.70. The van der Waals surface area contributed by atoms with Gasteiger partial charge < -0.3 is 15.7 Å². The Hall–Kier alpha value is -3.86. The summed E-state index contributed by atoms with van der Waals surface area (Å²) < 4.78 is 1.64. The highest BCUT2D eigenvalue weighted by Gasteiger charge is 2.25. The maximum Gasteiger partial charge on any atom is 0.270 e. The zero-order chi connectivity index (χ0) is 25.8. The molecule has 0 aliphatic carbocycles. The smallest absolute Gasteiger partial charge is 0.270 e. The van der Waals surface area contributed by atoms with Crippen LogP contribution in [0.25, 0.3) is 27.5 Å². The molecule has 0 aliphatic rings. The molecular formula is C27H25N5O3S2. The molecule has 0 spiro atoms. The molecule has 5 rings (SSSR count). The zero-order valence-corrected chi connectivity index (χ0v) is 21.7. The van der Waals surface area contributed by atoms with Gasteiger partial charge in [0.05, 0.1) is 35.3 Å². The van der Waals surface area contributed by atoms with Gasteiger partial charge in [0.1, 0.15) is 11.4 Å². The molecule has 5 aromatic heterocycles. The van der Waals surface area contributed by atoms with Crippen molar-refractivity contribution in [2.45, 2.75) is 25.9 Å². The third-order valence-corrected chi connectivity index (χ3v) is 7.75. The van der Waals surface area contributed by atoms with Crippen molar-refractivity contribution in [2.75, 3.05) is 6.61 Å². The Labute approximate surface area is 221 Å². The molecule has 0 bridgehead atoms. The molecule has 0 aromatic carbocycles. The van der Waals surface area contributed by atoms with Gasteiger partial charge in [-0.1, -0.05) is 13.0 Å². The highest BCUT2D eigenvalue weighted by Crippen LogP contribution is 2.29. The lowest BCUT2D eigenvalue weighted by Gasteiger charge is -2.14. The van der Waals surface area contributed by atoms with Crippen molar-refractivity contribution >= 4 is 40.1 Å². The highest BCUT2D eigenvalue weighted by atomic mass is 32.1. The fourth-order valence-corrected chi connectivity index (χ4v) is 5.54. The van der Waals surface area contributed by atoms with Crippen molar-refractivity contribution in [3.8, 4) is 21.8 Å². The Morgan fingerprint density at radius 3 is 2.73 bits per heavy atom. The van der Waals surface area contributed by atoms with E-state index in [1.807, 2.05) is 54.1 Å². The van der Waals surface area contributed by atoms with E-state index >= 15 is 0 Å². The van der Waals surface area contributed by atoms with E-state index in [2.05, 4.69) is 15.6 Å². The third-order valence-electron chi connectivity index (χ3n) is 5.95. The molecule has 188 valence electrons. The number of imidazole rings is 1. The summed E-state index contributed by atoms with van der Waals surface area (Å²) >= 11 is 3.08. The molecule has 0 fully saturated rings. The minimum Gasteiger partial charge on any atom is -0.394 e. The van der Waals surface area contributed by atoms with E-state index in [-0.39, 0.29) is 24.5 Å². The summed E-state index contributed by atoms with van der Waals surface area (Å²) in [6.07, 6.45) is 4.07. The highest BCUT2D eigenvalue weighted by molar-refractivity contribution is 7.15. The molecule has 10 heteroatoms. The maximum atomic E-state index is 13.3. The van der Waals surface area contributed by atoms with E-state index in [4.69, 9.17) is 4.98 Å². The van der Waals surface area contributed by atoms with Crippen LogP contribution < -0.4 is 10.6 Å². The second-order valence-electron chi connectivity index (χ2n) is 8.36. The Kier molecular flexibility index (Phi) is 7.40. The fourth-order valence-electron chi connectivity index (χ4n) is 3.97. The lowest BCUT2D eigenvalue weighted by molar-refractivity contribution is 0.0907. The summed E-state index contributed by atoms with van der Waals surface area (Å²) in [6.45, 7) is 2.09. The molecule has 1 atom stereocenters. The molecule has 8 nitrogen and oxygen atoms in total. The zero-order valence-electron chi connectivity index (χ0n) is 20.0. The number of carbonyl (C=O) groups is 2. The Balaban J connectivity index is 1.44. The summed E-state index contributed by atoms with van der Waals surface area (Å²) in [5.41, 5.74) is 3.27. The minimum absolute atomic E-state index is 0.162. The van der Waals surface area contributed by atoms with E-state index in [0.29, 0.717) is 35.6 Å². The number of fused-ring (bicyclic) bond motifs is 1. The lowest BCUT2D eigenvalue weighted by Crippen LogP contribution is -2.37. The SMILES string of the molecule is CC[C@H](CO)NC(=O)c1c(-c2ccsc2)nc2c(C(=O)NCc3ccc(-c4ccccn4)s3)cccn12. The molecule has 37 heavy (non-hydrogen) atoms. The third kappa shape index (κ3) is 5.17. The van der Waals surface area contributed by atoms with Gasteiger partial charge in [0.15, 0.2) is 5.65 Å². The van der Waals surface area contributed by atoms with Gasteiger partial charge in [-0.15, -0.1) is 11.3 Å². The van der Waals surface area contributed by atoms with Crippen LogP contribution in [0.5, 0.6) is 0 Å². The first-order valence-electron chi connectivity index (χ1n) is 11.8. The second-order valence-corrected chi connectivity index (χ2v) is 10.3. The number of aliphatic hydroxyl groups is 1. The lowest BCUT2D eigenvalue weighted by atomic mass is 10.1. The molecule has 5 aromatic rings. The van der Waals surface area contributed by atoms with Gasteiger partial charge in [0.2, 0.25) is 0 Å². The number of thiophene rings is 2. The molecule has 3 N–H and O–H groups in total. The molecule has 2 amide bonds. The molecule has 0 saturated carbocycles. The number of nitrogens with zero attached hydrogens (tertiary/aromatic N) is 3. The van der Waals surface area contributed by atoms with E-state index in [0.717, 1.165) is 21.0 Å². The Morgan fingerprint density at radius 2 is 2.00 bits per heavy atom. The number of nitrogens with one attached hydrogen (secondary N) is 2. The van der Waals surface area contributed by atoms with Gasteiger partial charge in [0.25, 0.3) is 11.8 Å². The number of carbonyl (C=O) groups excluding carboxylic acids is 2. The van der Waals surface area contributed by atoms with Crippen LogP contribution >= 0.6 is 22.7 Å². The number of amides is 2. The van der Waals surface area contributed by atoms with E-state index in [1.165, 1.54) is 11.3 Å². The van der Waals surface area contributed by atoms with Crippen molar-refractivity contribution < 1.29 is 14.7 Å². The van der Waals surface area contributed by atoms with Gasteiger partial charge >= 0.3 is 0 Å². The number of rotatable bonds is 9. The van der Waals surface area contributed by atoms with E-state index < -0.39 is 0 Å². The topological polar surface area (TPSA) is 109 Å². The summed E-state index contributed by atoms with van der Waals surface area (Å²) in [5, 5.41) is 19.3. The van der Waals surface area contributed by atoms with Gasteiger partial charge in [-0.2, -0.15) is 11.3 Å². The van der Waals surface area contributed by atoms with Crippen LogP contribution in [0.2, 0.25) is 0 Å². The molecule has 0 unspecified atom stereocenters. The fraction of sp³-hybridized carbons (Fsp3) is 0.185. The molecular weight excluding hydrogens is 506 g/mol. The Bertz CT molecular complexity index is 1520. The van der Waals surface area contributed by atoms with Crippen LogP contribution in [0.1, 0.15) is 39.1 Å². The summed E-state index contributed by atoms with van der Waals surface area (Å²) in [6, 6.07) is 14.7. The van der Waals surface area contributed by atoms with Crippen LogP contribution in [-0.2, 0) is 6.54 Å². The van der Waals surface area contributed by atoms with Crippen LogP contribution in [0.4, 0.5) is 0 Å². The van der Waals surface area contributed by atoms with Crippen molar-refractivity contribution in [2.24, 2.45) is 0 Å². The standard InChI is InChI=1S/C27H25N5O3S2/c1-2-18(15-33)30-27(35)24-23(17-10-13-36-16-17)31-25-20(6-5-12-32(24)25)26(34)29-14-19-8-9-22(37-19)21-7-3-4-11-28-21/h3-13,16,18,33H,2,14-15H2,1H3,(H,29,34)(H,30,35)/t18-/m1/s1. The largest absolute Gasteiger partial charge is 0.394 e. The van der Waals surface area contributed by atoms with Crippen molar-refractivity contribution in [3.05, 3.63) is 87.8 Å². The molecule has 0 aliphatic heterocycles. The maximum absolute atomic E-state index is 13.3. The minimum atomic E-state index is -0.373. The second kappa shape index (κ2) is 11.0. The molecule has 5 heterocycles. The van der Waals surface area contributed by atoms with Gasteiger partial charge in [0, 0.05) is 28.2 Å². The van der Waals surface area contributed by atoms with Gasteiger partial charge in [-0.3, -0.25) is 19.0 Å². The van der Waals surface area contributed by atoms with Crippen LogP contribution in [0, 0.1) is 0 Å². The first kappa shape index (κ1) is 24.8. The van der Waals surface area contributed by atoms with Crippen LogP contribution in [0.3, 0.4) is 0 Å². The van der Waals surface area contributed by atoms with Crippen LogP contribution in [0.15, 0.2) is 71.7 Å². The first-order chi connectivity index (χ1) is 18.1. The number of hydrogen-bond donors (Lipinski definition) is 3. The van der Waals surface area contributed by atoms with Crippen molar-refractivity contribution in [1.29, 1.82) is 0 Å². The van der Waals surface area contributed by atoms with Gasteiger partial charge in [-0.25, -0.2) is 4.98 Å². The van der Waals surface area contributed by atoms with Crippen molar-refractivity contribution in [3.63, 3.8) is 0 Å². The number of pyridine rings is 2. The normalized spacial score (nSPS) is 11.9. The molecule has 0 saturated heterocycles. The van der Waals surface area contributed by atoms with Crippen LogP contribution in [-0.4, -0.2) is 43.9 Å². The predicted molar refractivity (Wildman–Crippen MR) is 146 cm³/mol. The molecule has 0 radical (unpaired) electrons. The Morgan fingerprint density at radius 1 is 1.11 bits per heavy atom. The quantitative estimate of drug-likeness (QED) is 0.257. The number of hydrogen-bond acceptors (Lipinski definition) is 7. The monoisotopic (exact) mass is 531 g/mol. The summed E-state index contributed by atoms with van der Waals surface area (Å²) in [4.78, 5) is 37.7. The van der Waals surface area contributed by atoms with Crippen molar-refractivity contribution in [1.82, 2.24) is 25.0 Å².